The van der Waals surface area contributed by atoms with Crippen molar-refractivity contribution in [3.05, 3.63) is 35.9 Å². The van der Waals surface area contributed by atoms with Crippen LogP contribution in [0, 0.1) is 0 Å². The van der Waals surface area contributed by atoms with Gasteiger partial charge in [-0.1, -0.05) is 107 Å². The highest BCUT2D eigenvalue weighted by atomic mass is 35.5. The number of hydrogen-bond acceptors (Lipinski definition) is 1. The third-order valence-electron chi connectivity index (χ3n) is 5.29. The predicted molar refractivity (Wildman–Crippen MR) is 136 cm³/mol. The molecule has 0 aromatic heterocycles. The minimum Gasteiger partial charge on any atom is -0.411 e. The number of rotatable bonds is 17. The fourth-order valence-electron chi connectivity index (χ4n) is 4.00. The van der Waals surface area contributed by atoms with Crippen LogP contribution in [0.25, 0.3) is 0 Å². The summed E-state index contributed by atoms with van der Waals surface area (Å²) >= 11 is 5.97. The van der Waals surface area contributed by atoms with Gasteiger partial charge in [-0.25, -0.2) is 0 Å². The third-order valence-corrected chi connectivity index (χ3v) is 11.9. The van der Waals surface area contributed by atoms with Crippen LogP contribution in [0.4, 0.5) is 0 Å². The van der Waals surface area contributed by atoms with Crippen LogP contribution in [0.3, 0.4) is 0 Å². The molecule has 0 unspecified atom stereocenters. The second kappa shape index (κ2) is 14.8. The van der Waals surface area contributed by atoms with Crippen LogP contribution in [-0.4, -0.2) is 22.5 Å². The molecule has 0 amide bonds. The van der Waals surface area contributed by atoms with E-state index in [0.29, 0.717) is 5.03 Å². The van der Waals surface area contributed by atoms with Crippen LogP contribution in [0.2, 0.25) is 43.8 Å². The minimum atomic E-state index is -1.63. The van der Waals surface area contributed by atoms with Gasteiger partial charge in [-0.15, -0.1) is 6.58 Å². The number of unbranched alkanes of at least 4 members (excludes halogenated alkanes) is 3. The Kier molecular flexibility index (Phi) is 14.8. The van der Waals surface area contributed by atoms with E-state index in [1.165, 1.54) is 68.3 Å². The minimum absolute atomic E-state index is 0.0740. The molecule has 4 heteroatoms. The van der Waals surface area contributed by atoms with Crippen molar-refractivity contribution >= 4 is 28.0 Å². The van der Waals surface area contributed by atoms with Crippen molar-refractivity contribution in [2.24, 2.45) is 0 Å². The molecular formula is C24H47ClOSi2. The Bertz CT molecular complexity index is 458. The van der Waals surface area contributed by atoms with Gasteiger partial charge in [0.1, 0.15) is 0 Å². The molecule has 0 bridgehead atoms. The van der Waals surface area contributed by atoms with Gasteiger partial charge in [0.15, 0.2) is 8.32 Å². The average molecular weight is 443 g/mol. The van der Waals surface area contributed by atoms with Gasteiger partial charge in [0.05, 0.1) is 14.2 Å². The second-order valence-corrected chi connectivity index (χ2v) is 19.3. The SMILES string of the molecule is C=C(Cl)/C=C/[C@H](CC(=C)C[Si](CCCC)(CCCC)CCCC)O[Si](C)(C)C. The van der Waals surface area contributed by atoms with Crippen LogP contribution >= 0.6 is 11.6 Å². The van der Waals surface area contributed by atoms with Gasteiger partial charge < -0.3 is 4.43 Å². The molecule has 0 N–H and O–H groups in total. The van der Waals surface area contributed by atoms with E-state index in [1.54, 1.807) is 0 Å². The first-order valence-electron chi connectivity index (χ1n) is 11.4. The molecule has 0 aliphatic carbocycles. The van der Waals surface area contributed by atoms with Crippen molar-refractivity contribution in [2.45, 2.75) is 116 Å². The zero-order valence-corrected chi connectivity index (χ0v) is 22.5. The summed E-state index contributed by atoms with van der Waals surface area (Å²) in [5.74, 6) is 0. The molecule has 0 saturated carbocycles. The molecule has 0 spiro atoms. The van der Waals surface area contributed by atoms with Crippen molar-refractivity contribution in [1.29, 1.82) is 0 Å². The van der Waals surface area contributed by atoms with Gasteiger partial charge in [-0.3, -0.25) is 0 Å². The molecule has 0 heterocycles. The van der Waals surface area contributed by atoms with E-state index in [9.17, 15) is 0 Å². The molecule has 1 nitrogen and oxygen atoms in total. The summed E-state index contributed by atoms with van der Waals surface area (Å²) in [5.41, 5.74) is 1.39. The Morgan fingerprint density at radius 2 is 1.39 bits per heavy atom. The standard InChI is InChI=1S/C24H47ClOSi2/c1-9-12-17-28(18-13-10-2,19-14-11-3)21-22(4)20-24(16-15-23(5)25)26-27(6,7)8/h15-16,24H,4-5,9-14,17-21H2,1-3,6-8H3/b16-15+/t24-/m1/s1. The summed E-state index contributed by atoms with van der Waals surface area (Å²) in [6.07, 6.45) is 13.0. The molecular weight excluding hydrogens is 396 g/mol. The van der Waals surface area contributed by atoms with Crippen LogP contribution in [-0.2, 0) is 4.43 Å². The number of halogens is 1. The summed E-state index contributed by atoms with van der Waals surface area (Å²) in [5, 5.41) is 0.562. The molecule has 0 fully saturated rings. The zero-order valence-electron chi connectivity index (χ0n) is 19.7. The summed E-state index contributed by atoms with van der Waals surface area (Å²) in [7, 11) is -2.94. The van der Waals surface area contributed by atoms with Gasteiger partial charge in [0.25, 0.3) is 0 Å². The molecule has 0 aliphatic rings. The van der Waals surface area contributed by atoms with E-state index < -0.39 is 16.4 Å². The smallest absolute Gasteiger partial charge is 0.184 e. The van der Waals surface area contributed by atoms with E-state index in [0.717, 1.165) is 6.42 Å². The Balaban J connectivity index is 5.31. The topological polar surface area (TPSA) is 9.23 Å². The van der Waals surface area contributed by atoms with Crippen LogP contribution in [0.5, 0.6) is 0 Å². The van der Waals surface area contributed by atoms with Crippen LogP contribution in [0.15, 0.2) is 35.9 Å². The number of allylic oxidation sites excluding steroid dienone is 2. The molecule has 1 atom stereocenters. The van der Waals surface area contributed by atoms with Crippen molar-refractivity contribution in [2.75, 3.05) is 0 Å². The fourth-order valence-corrected chi connectivity index (χ4v) is 10.9. The highest BCUT2D eigenvalue weighted by Gasteiger charge is 2.32. The largest absolute Gasteiger partial charge is 0.411 e. The normalized spacial score (nSPS) is 13.8. The molecule has 0 aliphatic heterocycles. The third kappa shape index (κ3) is 14.0. The Hall–Kier alpha value is -0.0962. The Morgan fingerprint density at radius 3 is 1.75 bits per heavy atom. The first-order valence-corrected chi connectivity index (χ1v) is 18.1. The lowest BCUT2D eigenvalue weighted by molar-refractivity contribution is 0.242. The second-order valence-electron chi connectivity index (χ2n) is 9.52. The maximum Gasteiger partial charge on any atom is 0.184 e. The Morgan fingerprint density at radius 1 is 0.929 bits per heavy atom. The van der Waals surface area contributed by atoms with Crippen LogP contribution in [0.1, 0.15) is 65.7 Å². The quantitative estimate of drug-likeness (QED) is 0.124. The molecule has 0 rings (SSSR count). The van der Waals surface area contributed by atoms with Crippen molar-refractivity contribution in [3.63, 3.8) is 0 Å². The van der Waals surface area contributed by atoms with Gasteiger partial charge >= 0.3 is 0 Å². The van der Waals surface area contributed by atoms with E-state index in [-0.39, 0.29) is 6.10 Å². The summed E-state index contributed by atoms with van der Waals surface area (Å²) < 4.78 is 6.42. The maximum absolute atomic E-state index is 6.42. The highest BCUT2D eigenvalue weighted by molar-refractivity contribution is 6.80. The van der Waals surface area contributed by atoms with E-state index in [1.807, 2.05) is 6.08 Å². The van der Waals surface area contributed by atoms with Gasteiger partial charge in [-0.05, 0) is 38.2 Å². The lowest BCUT2D eigenvalue weighted by Gasteiger charge is -2.34. The van der Waals surface area contributed by atoms with E-state index in [2.05, 4.69) is 59.6 Å². The summed E-state index contributed by atoms with van der Waals surface area (Å²) in [4.78, 5) is 0. The monoisotopic (exact) mass is 442 g/mol. The molecule has 0 aromatic carbocycles. The first kappa shape index (κ1) is 27.9. The summed E-state index contributed by atoms with van der Waals surface area (Å²) in [6, 6.07) is 5.68. The fraction of sp³-hybridized carbons (Fsp3) is 0.750. The molecule has 0 radical (unpaired) electrons. The first-order chi connectivity index (χ1) is 13.1. The Labute approximate surface area is 183 Å². The lowest BCUT2D eigenvalue weighted by atomic mass is 10.1. The average Bonchev–Trinajstić information content (AvgIpc) is 2.59. The van der Waals surface area contributed by atoms with Crippen LogP contribution < -0.4 is 0 Å². The summed E-state index contributed by atoms with van der Waals surface area (Å²) in [6.45, 7) is 22.0. The number of hydrogen-bond donors (Lipinski definition) is 0. The maximum atomic E-state index is 6.42. The van der Waals surface area contributed by atoms with Gasteiger partial charge in [-0.2, -0.15) is 0 Å². The predicted octanol–water partition coefficient (Wildman–Crippen LogP) is 9.31. The molecule has 0 saturated heterocycles. The molecule has 0 aromatic rings. The zero-order chi connectivity index (χ0) is 21.6. The highest BCUT2D eigenvalue weighted by Crippen LogP contribution is 2.36. The molecule has 164 valence electrons. The van der Waals surface area contributed by atoms with Crippen molar-refractivity contribution in [1.82, 2.24) is 0 Å². The molecule has 28 heavy (non-hydrogen) atoms. The van der Waals surface area contributed by atoms with E-state index >= 15 is 0 Å². The van der Waals surface area contributed by atoms with Crippen molar-refractivity contribution < 1.29 is 4.43 Å². The lowest BCUT2D eigenvalue weighted by Crippen LogP contribution is -2.35. The van der Waals surface area contributed by atoms with E-state index in [4.69, 9.17) is 16.0 Å². The van der Waals surface area contributed by atoms with Crippen molar-refractivity contribution in [3.8, 4) is 0 Å². The van der Waals surface area contributed by atoms with Gasteiger partial charge in [0, 0.05) is 5.03 Å². The van der Waals surface area contributed by atoms with Gasteiger partial charge in [0.2, 0.25) is 0 Å².